The summed E-state index contributed by atoms with van der Waals surface area (Å²) < 4.78 is 16.0. The van der Waals surface area contributed by atoms with Crippen LogP contribution in [0.5, 0.6) is 0 Å². The van der Waals surface area contributed by atoms with Crippen molar-refractivity contribution in [3.63, 3.8) is 0 Å². The highest BCUT2D eigenvalue weighted by molar-refractivity contribution is 5.94. The molecule has 1 aliphatic rings. The number of hydrogen-bond donors (Lipinski definition) is 1. The number of aryl methyl sites for hydroxylation is 1. The van der Waals surface area contributed by atoms with Gasteiger partial charge in [-0.05, 0) is 19.4 Å². The molecule has 2 atom stereocenters. The number of carbonyl (C=O) groups is 2. The third-order valence-electron chi connectivity index (χ3n) is 4.65. The highest BCUT2D eigenvalue weighted by Gasteiger charge is 2.40. The normalized spacial score (nSPS) is 20.6. The summed E-state index contributed by atoms with van der Waals surface area (Å²) in [4.78, 5) is 26.4. The molecule has 3 rings (SSSR count). The molecule has 132 valence electrons. The number of nitrogens with zero attached hydrogens (tertiary/aromatic N) is 3. The van der Waals surface area contributed by atoms with Crippen molar-refractivity contribution in [2.45, 2.75) is 32.4 Å². The number of benzene rings is 1. The fraction of sp³-hybridized carbons (Fsp3) is 0.389. The SMILES string of the molecule is CCn1cc(NC(=O)[C@@H]2CCC(=O)N(C)[C@H]2c2ccccc2F)cn1. The fourth-order valence-corrected chi connectivity index (χ4v) is 3.29. The summed E-state index contributed by atoms with van der Waals surface area (Å²) in [5, 5.41) is 6.97. The number of nitrogens with one attached hydrogen (secondary N) is 1. The Morgan fingerprint density at radius 3 is 2.84 bits per heavy atom. The van der Waals surface area contributed by atoms with Gasteiger partial charge in [-0.25, -0.2) is 4.39 Å². The molecule has 6 nitrogen and oxygen atoms in total. The van der Waals surface area contributed by atoms with Crippen molar-refractivity contribution < 1.29 is 14.0 Å². The third kappa shape index (κ3) is 3.40. The topological polar surface area (TPSA) is 67.2 Å². The molecule has 1 aliphatic heterocycles. The zero-order valence-electron chi connectivity index (χ0n) is 14.3. The molecule has 2 amide bonds. The second-order valence-electron chi connectivity index (χ2n) is 6.19. The zero-order chi connectivity index (χ0) is 18.0. The van der Waals surface area contributed by atoms with Crippen LogP contribution in [-0.4, -0.2) is 33.5 Å². The van der Waals surface area contributed by atoms with Gasteiger partial charge in [0.1, 0.15) is 5.82 Å². The average molecular weight is 344 g/mol. The smallest absolute Gasteiger partial charge is 0.230 e. The van der Waals surface area contributed by atoms with Gasteiger partial charge in [-0.2, -0.15) is 5.10 Å². The average Bonchev–Trinajstić information content (AvgIpc) is 3.05. The minimum atomic E-state index is -0.622. The molecule has 0 saturated carbocycles. The number of likely N-dealkylation sites (tertiary alicyclic amines) is 1. The maximum absolute atomic E-state index is 14.3. The van der Waals surface area contributed by atoms with Gasteiger partial charge in [0.2, 0.25) is 11.8 Å². The van der Waals surface area contributed by atoms with Crippen molar-refractivity contribution in [2.24, 2.45) is 5.92 Å². The predicted octanol–water partition coefficient (Wildman–Crippen LogP) is 2.59. The molecule has 2 heterocycles. The van der Waals surface area contributed by atoms with Gasteiger partial charge in [-0.1, -0.05) is 18.2 Å². The van der Waals surface area contributed by atoms with Gasteiger partial charge in [-0.3, -0.25) is 14.3 Å². The molecule has 1 aromatic carbocycles. The quantitative estimate of drug-likeness (QED) is 0.927. The minimum absolute atomic E-state index is 0.0869. The number of piperidine rings is 1. The van der Waals surface area contributed by atoms with Gasteiger partial charge in [0.15, 0.2) is 0 Å². The molecule has 25 heavy (non-hydrogen) atoms. The number of anilines is 1. The maximum atomic E-state index is 14.3. The van der Waals surface area contributed by atoms with Gasteiger partial charge in [0.05, 0.1) is 23.8 Å². The Morgan fingerprint density at radius 2 is 2.16 bits per heavy atom. The largest absolute Gasteiger partial charge is 0.338 e. The molecule has 0 radical (unpaired) electrons. The van der Waals surface area contributed by atoms with Gasteiger partial charge in [-0.15, -0.1) is 0 Å². The van der Waals surface area contributed by atoms with Crippen molar-refractivity contribution in [1.82, 2.24) is 14.7 Å². The van der Waals surface area contributed by atoms with Crippen molar-refractivity contribution in [2.75, 3.05) is 12.4 Å². The lowest BCUT2D eigenvalue weighted by Gasteiger charge is -2.38. The summed E-state index contributed by atoms with van der Waals surface area (Å²) in [7, 11) is 1.62. The number of amides is 2. The monoisotopic (exact) mass is 344 g/mol. The molecule has 1 N–H and O–H groups in total. The Labute approximate surface area is 145 Å². The van der Waals surface area contributed by atoms with E-state index in [2.05, 4.69) is 10.4 Å². The Morgan fingerprint density at radius 1 is 1.40 bits per heavy atom. The fourth-order valence-electron chi connectivity index (χ4n) is 3.29. The summed E-state index contributed by atoms with van der Waals surface area (Å²) in [6.45, 7) is 2.66. The van der Waals surface area contributed by atoms with Crippen LogP contribution in [0.25, 0.3) is 0 Å². The molecule has 0 unspecified atom stereocenters. The van der Waals surface area contributed by atoms with E-state index >= 15 is 0 Å². The number of rotatable bonds is 4. The standard InChI is InChI=1S/C18H21FN4O2/c1-3-23-11-12(10-20-23)21-18(25)14-8-9-16(24)22(2)17(14)13-6-4-5-7-15(13)19/h4-7,10-11,14,17H,3,8-9H2,1-2H3,(H,21,25)/t14-,17+/m1/s1. The Bertz CT molecular complexity index is 789. The first kappa shape index (κ1) is 17.1. The number of aromatic nitrogens is 2. The van der Waals surface area contributed by atoms with Gasteiger partial charge >= 0.3 is 0 Å². The molecular weight excluding hydrogens is 323 g/mol. The summed E-state index contributed by atoms with van der Waals surface area (Å²) in [6, 6.07) is 5.67. The van der Waals surface area contributed by atoms with Gasteiger partial charge < -0.3 is 10.2 Å². The van der Waals surface area contributed by atoms with E-state index < -0.39 is 17.8 Å². The summed E-state index contributed by atoms with van der Waals surface area (Å²) in [6.07, 6.45) is 3.98. The Kier molecular flexibility index (Phi) is 4.83. The predicted molar refractivity (Wildman–Crippen MR) is 91.2 cm³/mol. The number of halogens is 1. The van der Waals surface area contributed by atoms with Crippen molar-refractivity contribution in [3.8, 4) is 0 Å². The Balaban J connectivity index is 1.87. The van der Waals surface area contributed by atoms with Crippen LogP contribution in [0, 0.1) is 11.7 Å². The lowest BCUT2D eigenvalue weighted by atomic mass is 9.83. The van der Waals surface area contributed by atoms with E-state index in [1.807, 2.05) is 6.92 Å². The molecule has 7 heteroatoms. The van der Waals surface area contributed by atoms with Crippen LogP contribution in [-0.2, 0) is 16.1 Å². The molecule has 1 saturated heterocycles. The first-order valence-electron chi connectivity index (χ1n) is 8.34. The summed E-state index contributed by atoms with van der Waals surface area (Å²) in [5.41, 5.74) is 0.959. The van der Waals surface area contributed by atoms with Crippen molar-refractivity contribution in [3.05, 3.63) is 48.0 Å². The first-order valence-corrected chi connectivity index (χ1v) is 8.34. The molecule has 0 bridgehead atoms. The molecule has 0 aliphatic carbocycles. The van der Waals surface area contributed by atoms with E-state index in [4.69, 9.17) is 0 Å². The molecule has 0 spiro atoms. The molecular formula is C18H21FN4O2. The van der Waals surface area contributed by atoms with Crippen LogP contribution in [0.15, 0.2) is 36.7 Å². The lowest BCUT2D eigenvalue weighted by Crippen LogP contribution is -2.44. The molecule has 2 aromatic rings. The molecule has 1 fully saturated rings. The number of hydrogen-bond acceptors (Lipinski definition) is 3. The van der Waals surface area contributed by atoms with E-state index in [-0.39, 0.29) is 18.2 Å². The van der Waals surface area contributed by atoms with E-state index in [1.54, 1.807) is 42.3 Å². The first-order chi connectivity index (χ1) is 12.0. The van der Waals surface area contributed by atoms with Crippen molar-refractivity contribution >= 4 is 17.5 Å². The highest BCUT2D eigenvalue weighted by atomic mass is 19.1. The second kappa shape index (κ2) is 7.04. The minimum Gasteiger partial charge on any atom is -0.338 e. The van der Waals surface area contributed by atoms with Crippen LogP contribution in [0.2, 0.25) is 0 Å². The van der Waals surface area contributed by atoms with Crippen molar-refractivity contribution in [1.29, 1.82) is 0 Å². The van der Waals surface area contributed by atoms with Crippen LogP contribution in [0.3, 0.4) is 0 Å². The van der Waals surface area contributed by atoms with Crippen LogP contribution < -0.4 is 5.32 Å². The van der Waals surface area contributed by atoms with E-state index in [0.29, 0.717) is 24.2 Å². The molecule has 1 aromatic heterocycles. The van der Waals surface area contributed by atoms with Gasteiger partial charge in [0.25, 0.3) is 0 Å². The van der Waals surface area contributed by atoms with Crippen LogP contribution in [0.4, 0.5) is 10.1 Å². The van der Waals surface area contributed by atoms with Crippen LogP contribution in [0.1, 0.15) is 31.4 Å². The Hall–Kier alpha value is -2.70. The highest BCUT2D eigenvalue weighted by Crippen LogP contribution is 2.37. The second-order valence-corrected chi connectivity index (χ2v) is 6.19. The van der Waals surface area contributed by atoms with E-state index in [9.17, 15) is 14.0 Å². The zero-order valence-corrected chi connectivity index (χ0v) is 14.3. The summed E-state index contributed by atoms with van der Waals surface area (Å²) >= 11 is 0. The van der Waals surface area contributed by atoms with Gasteiger partial charge in [0, 0.05) is 31.8 Å². The summed E-state index contributed by atoms with van der Waals surface area (Å²) in [5.74, 6) is -1.26. The van der Waals surface area contributed by atoms with Crippen LogP contribution >= 0.6 is 0 Å². The lowest BCUT2D eigenvalue weighted by molar-refractivity contribution is -0.140. The van der Waals surface area contributed by atoms with E-state index in [0.717, 1.165) is 0 Å². The van der Waals surface area contributed by atoms with E-state index in [1.165, 1.54) is 11.0 Å². The maximum Gasteiger partial charge on any atom is 0.230 e. The number of carbonyl (C=O) groups excluding carboxylic acids is 2. The third-order valence-corrected chi connectivity index (χ3v) is 4.65.